The highest BCUT2D eigenvalue weighted by Gasteiger charge is 2.22. The summed E-state index contributed by atoms with van der Waals surface area (Å²) in [5, 5.41) is 9.73. The van der Waals surface area contributed by atoms with Gasteiger partial charge in [-0.2, -0.15) is 0 Å². The van der Waals surface area contributed by atoms with Crippen LogP contribution in [-0.2, 0) is 0 Å². The number of hydrogen-bond donors (Lipinski definition) is 0. The maximum absolute atomic E-state index is 6.68. The van der Waals surface area contributed by atoms with Crippen molar-refractivity contribution in [3.63, 3.8) is 0 Å². The number of hydrogen-bond acceptors (Lipinski definition) is 1. The van der Waals surface area contributed by atoms with Crippen molar-refractivity contribution in [1.82, 2.24) is 13.7 Å². The summed E-state index contributed by atoms with van der Waals surface area (Å²) in [6, 6.07) is 62.1. The lowest BCUT2D eigenvalue weighted by Gasteiger charge is -2.14. The molecule has 4 heterocycles. The summed E-state index contributed by atoms with van der Waals surface area (Å²) in [5.74, 6) is 0. The van der Waals surface area contributed by atoms with Gasteiger partial charge < -0.3 is 18.1 Å². The molecule has 0 unspecified atom stereocenters. The van der Waals surface area contributed by atoms with Crippen LogP contribution in [0.5, 0.6) is 0 Å². The van der Waals surface area contributed by atoms with Gasteiger partial charge in [-0.1, -0.05) is 109 Å². The van der Waals surface area contributed by atoms with Gasteiger partial charge in [0.05, 0.1) is 33.1 Å². The molecule has 58 heavy (non-hydrogen) atoms. The number of benzene rings is 8. The first-order chi connectivity index (χ1) is 28.8. The fraction of sp³-hybridized carbons (Fsp3) is 0.0370. The van der Waals surface area contributed by atoms with Crippen LogP contribution in [0.15, 0.2) is 193 Å². The Morgan fingerprint density at radius 3 is 1.76 bits per heavy atom. The lowest BCUT2D eigenvalue weighted by Crippen LogP contribution is -1.99. The third kappa shape index (κ3) is 4.40. The van der Waals surface area contributed by atoms with Crippen LogP contribution in [0.1, 0.15) is 12.8 Å². The Morgan fingerprint density at radius 2 is 0.983 bits per heavy atom. The number of furan rings is 1. The van der Waals surface area contributed by atoms with E-state index in [1.165, 1.54) is 76.7 Å². The highest BCUT2D eigenvalue weighted by atomic mass is 16.3. The van der Waals surface area contributed by atoms with Gasteiger partial charge in [-0.3, -0.25) is 0 Å². The number of aromatic nitrogens is 3. The average molecular weight is 742 g/mol. The van der Waals surface area contributed by atoms with Gasteiger partial charge in [0.1, 0.15) is 5.58 Å². The van der Waals surface area contributed by atoms with Crippen molar-refractivity contribution < 1.29 is 4.42 Å². The van der Waals surface area contributed by atoms with Crippen molar-refractivity contribution in [2.24, 2.45) is 0 Å². The number of para-hydroxylation sites is 4. The Morgan fingerprint density at radius 1 is 0.397 bits per heavy atom. The molecule has 0 bridgehead atoms. The molecule has 0 aliphatic heterocycles. The first kappa shape index (κ1) is 31.6. The van der Waals surface area contributed by atoms with Crippen LogP contribution in [0, 0.1) is 0 Å². The molecule has 4 aromatic heterocycles. The summed E-state index contributed by atoms with van der Waals surface area (Å²) >= 11 is 0. The van der Waals surface area contributed by atoms with E-state index < -0.39 is 0 Å². The summed E-state index contributed by atoms with van der Waals surface area (Å²) in [5.41, 5.74) is 15.0. The second-order valence-corrected chi connectivity index (χ2v) is 15.6. The first-order valence-corrected chi connectivity index (χ1v) is 20.2. The van der Waals surface area contributed by atoms with Crippen molar-refractivity contribution in [3.05, 3.63) is 188 Å². The van der Waals surface area contributed by atoms with Crippen LogP contribution in [0.4, 0.5) is 0 Å². The van der Waals surface area contributed by atoms with Gasteiger partial charge in [0, 0.05) is 60.2 Å². The molecule has 0 saturated heterocycles. The van der Waals surface area contributed by atoms with E-state index in [1.807, 2.05) is 0 Å². The molecule has 0 fully saturated rings. The molecular formula is C54H35N3O. The molecule has 13 rings (SSSR count). The summed E-state index contributed by atoms with van der Waals surface area (Å²) in [6.45, 7) is 0. The Hall–Kier alpha value is -7.56. The van der Waals surface area contributed by atoms with Crippen LogP contribution in [0.2, 0.25) is 0 Å². The normalized spacial score (nSPS) is 13.4. The van der Waals surface area contributed by atoms with E-state index in [9.17, 15) is 0 Å². The van der Waals surface area contributed by atoms with E-state index in [1.54, 1.807) is 0 Å². The fourth-order valence-corrected chi connectivity index (χ4v) is 9.90. The molecule has 0 spiro atoms. The fourth-order valence-electron chi connectivity index (χ4n) is 9.90. The topological polar surface area (TPSA) is 27.9 Å². The van der Waals surface area contributed by atoms with Crippen molar-refractivity contribution in [1.29, 1.82) is 0 Å². The van der Waals surface area contributed by atoms with E-state index in [-0.39, 0.29) is 0 Å². The van der Waals surface area contributed by atoms with Gasteiger partial charge in [0.2, 0.25) is 0 Å². The van der Waals surface area contributed by atoms with Crippen molar-refractivity contribution in [2.75, 3.05) is 0 Å². The Kier molecular flexibility index (Phi) is 6.53. The van der Waals surface area contributed by atoms with Crippen LogP contribution < -0.4 is 0 Å². The smallest absolute Gasteiger partial charge is 0.160 e. The standard InChI is InChI=1S/C54H35N3O/c1-4-14-36(15-5-1)55-47-22-12-10-20-39(47)45-32-46-44-30-34(25-29-48(44)56(51(46)33-50(45)55)37-16-6-2-7-17-37)35-24-26-40-42-27-28-43-41-21-11-13-23-52(41)58-54(43)53(42)57(49(40)31-35)38-18-8-3-9-19-38/h1-8,10-18,20-33H,9,19H2. The van der Waals surface area contributed by atoms with Gasteiger partial charge in [0.25, 0.3) is 0 Å². The van der Waals surface area contributed by atoms with Gasteiger partial charge >= 0.3 is 0 Å². The van der Waals surface area contributed by atoms with Crippen LogP contribution in [0.3, 0.4) is 0 Å². The maximum Gasteiger partial charge on any atom is 0.160 e. The minimum absolute atomic E-state index is 0.921. The molecule has 4 nitrogen and oxygen atoms in total. The predicted octanol–water partition coefficient (Wildman–Crippen LogP) is 14.7. The molecule has 0 N–H and O–H groups in total. The number of fused-ring (bicyclic) bond motifs is 13. The Bertz CT molecular complexity index is 3720. The van der Waals surface area contributed by atoms with Gasteiger partial charge in [-0.25, -0.2) is 0 Å². The molecule has 8 aromatic carbocycles. The summed E-state index contributed by atoms with van der Waals surface area (Å²) in [7, 11) is 0. The molecule has 1 aliphatic rings. The van der Waals surface area contributed by atoms with Crippen molar-refractivity contribution >= 4 is 93.1 Å². The number of rotatable bonds is 4. The third-order valence-corrected chi connectivity index (χ3v) is 12.5. The number of allylic oxidation sites excluding steroid dienone is 4. The number of nitrogens with zero attached hydrogens (tertiary/aromatic N) is 3. The Labute approximate surface area is 333 Å². The van der Waals surface area contributed by atoms with E-state index in [2.05, 4.69) is 202 Å². The molecule has 12 aromatic rings. The second kappa shape index (κ2) is 12.0. The van der Waals surface area contributed by atoms with Crippen LogP contribution in [0.25, 0.3) is 116 Å². The van der Waals surface area contributed by atoms with E-state index >= 15 is 0 Å². The monoisotopic (exact) mass is 741 g/mol. The summed E-state index contributed by atoms with van der Waals surface area (Å²) in [6.07, 6.45) is 8.72. The lowest BCUT2D eigenvalue weighted by molar-refractivity contribution is 0.671. The van der Waals surface area contributed by atoms with E-state index in [0.717, 1.165) is 51.7 Å². The first-order valence-electron chi connectivity index (χ1n) is 20.2. The molecule has 0 saturated carbocycles. The molecule has 1 aliphatic carbocycles. The molecule has 4 heteroatoms. The third-order valence-electron chi connectivity index (χ3n) is 12.5. The molecule has 272 valence electrons. The van der Waals surface area contributed by atoms with Gasteiger partial charge in [-0.15, -0.1) is 0 Å². The molecule has 0 amide bonds. The zero-order valence-corrected chi connectivity index (χ0v) is 31.6. The highest BCUT2D eigenvalue weighted by Crippen LogP contribution is 2.44. The summed E-state index contributed by atoms with van der Waals surface area (Å²) in [4.78, 5) is 0. The van der Waals surface area contributed by atoms with Crippen molar-refractivity contribution in [2.45, 2.75) is 12.8 Å². The van der Waals surface area contributed by atoms with E-state index in [4.69, 9.17) is 4.42 Å². The SMILES string of the molecule is C1=CCCC(n2c3cc(-c4ccc5c(c4)c4cc6c7ccccc7n(-c7ccccc7)c6cc4n5-c4ccccc4)ccc3c3ccc4c5ccccc5oc4c32)=C1. The minimum Gasteiger partial charge on any atom is -0.454 e. The predicted molar refractivity (Wildman–Crippen MR) is 243 cm³/mol. The zero-order chi connectivity index (χ0) is 37.9. The molecule has 0 radical (unpaired) electrons. The zero-order valence-electron chi connectivity index (χ0n) is 31.6. The van der Waals surface area contributed by atoms with Crippen molar-refractivity contribution in [3.8, 4) is 22.5 Å². The second-order valence-electron chi connectivity index (χ2n) is 15.6. The molecular weight excluding hydrogens is 707 g/mol. The van der Waals surface area contributed by atoms with Gasteiger partial charge in [0.15, 0.2) is 5.58 Å². The van der Waals surface area contributed by atoms with E-state index in [0.29, 0.717) is 0 Å². The minimum atomic E-state index is 0.921. The maximum atomic E-state index is 6.68. The molecule has 0 atom stereocenters. The largest absolute Gasteiger partial charge is 0.454 e. The average Bonchev–Trinajstić information content (AvgIpc) is 4.02. The quantitative estimate of drug-likeness (QED) is 0.176. The highest BCUT2D eigenvalue weighted by molar-refractivity contribution is 6.23. The van der Waals surface area contributed by atoms with Crippen LogP contribution >= 0.6 is 0 Å². The van der Waals surface area contributed by atoms with Crippen LogP contribution in [-0.4, -0.2) is 13.7 Å². The Balaban J connectivity index is 1.09. The van der Waals surface area contributed by atoms with Gasteiger partial charge in [-0.05, 0) is 103 Å². The summed E-state index contributed by atoms with van der Waals surface area (Å²) < 4.78 is 14.0. The lowest BCUT2D eigenvalue weighted by atomic mass is 10.0.